The third-order valence-corrected chi connectivity index (χ3v) is 7.59. The van der Waals surface area contributed by atoms with Gasteiger partial charge in [0.05, 0.1) is 17.5 Å². The molecular weight excluding hydrogens is 511 g/mol. The number of benzene rings is 1. The van der Waals surface area contributed by atoms with Crippen LogP contribution in [-0.4, -0.2) is 64.1 Å². The van der Waals surface area contributed by atoms with Crippen molar-refractivity contribution in [3.8, 4) is 17.2 Å². The fourth-order valence-corrected chi connectivity index (χ4v) is 5.53. The molecule has 0 radical (unpaired) electrons. The Morgan fingerprint density at radius 2 is 1.98 bits per heavy atom. The Balaban J connectivity index is 1.31. The normalized spacial score (nSPS) is 17.4. The van der Waals surface area contributed by atoms with Crippen molar-refractivity contribution in [3.63, 3.8) is 0 Å². The molecule has 0 bridgehead atoms. The van der Waals surface area contributed by atoms with Crippen molar-refractivity contribution in [1.29, 1.82) is 0 Å². The second-order valence-electron chi connectivity index (χ2n) is 10.5. The number of rotatable bonds is 8. The minimum Gasteiger partial charge on any atom is -0.490 e. The van der Waals surface area contributed by atoms with Crippen molar-refractivity contribution in [3.05, 3.63) is 65.6 Å². The lowest BCUT2D eigenvalue weighted by Crippen LogP contribution is -2.39. The van der Waals surface area contributed by atoms with Gasteiger partial charge in [0, 0.05) is 69.3 Å². The molecule has 0 spiro atoms. The topological polar surface area (TPSA) is 92.7 Å². The van der Waals surface area contributed by atoms with E-state index in [1.165, 1.54) is 24.5 Å². The van der Waals surface area contributed by atoms with Crippen LogP contribution in [0.15, 0.2) is 43.0 Å². The Morgan fingerprint density at radius 3 is 2.73 bits per heavy atom. The van der Waals surface area contributed by atoms with Crippen LogP contribution in [0.5, 0.6) is 17.2 Å². The number of ether oxygens (including phenoxy) is 2. The molecular formula is C30H37FN6O3. The summed E-state index contributed by atoms with van der Waals surface area (Å²) in [6.45, 7) is 10.8. The number of halogens is 1. The summed E-state index contributed by atoms with van der Waals surface area (Å²) in [5, 5.41) is 3.50. The van der Waals surface area contributed by atoms with E-state index in [1.807, 2.05) is 33.0 Å². The zero-order valence-corrected chi connectivity index (χ0v) is 23.6. The summed E-state index contributed by atoms with van der Waals surface area (Å²) in [4.78, 5) is 30.3. The van der Waals surface area contributed by atoms with E-state index in [0.29, 0.717) is 31.2 Å². The van der Waals surface area contributed by atoms with Gasteiger partial charge in [0.15, 0.2) is 11.6 Å². The minimum atomic E-state index is -0.497. The molecule has 2 aromatic heterocycles. The van der Waals surface area contributed by atoms with Crippen molar-refractivity contribution < 1.29 is 18.7 Å². The average molecular weight is 549 g/mol. The van der Waals surface area contributed by atoms with E-state index < -0.39 is 5.82 Å². The first-order valence-electron chi connectivity index (χ1n) is 14.1. The zero-order chi connectivity index (χ0) is 28.2. The van der Waals surface area contributed by atoms with Gasteiger partial charge in [-0.15, -0.1) is 0 Å². The Kier molecular flexibility index (Phi) is 8.44. The molecule has 0 aliphatic carbocycles. The summed E-state index contributed by atoms with van der Waals surface area (Å²) in [7, 11) is 0. The molecule has 1 unspecified atom stereocenters. The van der Waals surface area contributed by atoms with Gasteiger partial charge in [-0.05, 0) is 52.0 Å². The van der Waals surface area contributed by atoms with Crippen LogP contribution in [0.3, 0.4) is 0 Å². The van der Waals surface area contributed by atoms with E-state index in [-0.39, 0.29) is 35.4 Å². The monoisotopic (exact) mass is 548 g/mol. The predicted octanol–water partition coefficient (Wildman–Crippen LogP) is 4.93. The van der Waals surface area contributed by atoms with Gasteiger partial charge in [0.2, 0.25) is 0 Å². The van der Waals surface area contributed by atoms with Gasteiger partial charge in [-0.2, -0.15) is 0 Å². The molecule has 0 saturated carbocycles. The summed E-state index contributed by atoms with van der Waals surface area (Å²) < 4.78 is 26.9. The molecule has 1 N–H and O–H groups in total. The number of nitrogens with one attached hydrogen (secondary N) is 1. The summed E-state index contributed by atoms with van der Waals surface area (Å²) in [6.07, 6.45) is 7.49. The molecule has 9 nitrogen and oxygen atoms in total. The first kappa shape index (κ1) is 27.8. The lowest BCUT2D eigenvalue weighted by atomic mass is 9.99. The van der Waals surface area contributed by atoms with Gasteiger partial charge in [-0.3, -0.25) is 9.78 Å². The maximum Gasteiger partial charge on any atom is 0.257 e. The van der Waals surface area contributed by atoms with Gasteiger partial charge < -0.3 is 24.6 Å². The van der Waals surface area contributed by atoms with Crippen molar-refractivity contribution in [2.24, 2.45) is 0 Å². The van der Waals surface area contributed by atoms with Gasteiger partial charge in [0.1, 0.15) is 29.7 Å². The second kappa shape index (κ2) is 12.2. The lowest BCUT2D eigenvalue weighted by Gasteiger charge is -2.34. The SMILES string of the molecule is CCN(C(=O)c1cc(F)ccc1Oc1cncnc1N1CCC(Oc2ccnc3c2C(C)NCC3)CC1)C(C)C. The number of anilines is 1. The second-order valence-corrected chi connectivity index (χ2v) is 10.5. The largest absolute Gasteiger partial charge is 0.490 e. The number of pyridine rings is 1. The quantitative estimate of drug-likeness (QED) is 0.424. The van der Waals surface area contributed by atoms with Crippen LogP contribution in [0.4, 0.5) is 10.2 Å². The molecule has 2 aliphatic rings. The molecule has 1 fully saturated rings. The molecule has 5 rings (SSSR count). The number of hydrogen-bond acceptors (Lipinski definition) is 8. The van der Waals surface area contributed by atoms with Crippen LogP contribution in [0.25, 0.3) is 0 Å². The molecule has 1 aromatic carbocycles. The number of carbonyl (C=O) groups is 1. The van der Waals surface area contributed by atoms with Gasteiger partial charge in [-0.25, -0.2) is 14.4 Å². The highest BCUT2D eigenvalue weighted by molar-refractivity contribution is 5.97. The third kappa shape index (κ3) is 5.86. The molecule has 1 amide bonds. The smallest absolute Gasteiger partial charge is 0.257 e. The highest BCUT2D eigenvalue weighted by Crippen LogP contribution is 2.36. The Morgan fingerprint density at radius 1 is 1.18 bits per heavy atom. The van der Waals surface area contributed by atoms with E-state index in [1.54, 1.807) is 11.1 Å². The van der Waals surface area contributed by atoms with Crippen LogP contribution in [0, 0.1) is 5.82 Å². The van der Waals surface area contributed by atoms with Crippen LogP contribution >= 0.6 is 0 Å². The van der Waals surface area contributed by atoms with E-state index in [2.05, 4.69) is 32.1 Å². The predicted molar refractivity (Wildman–Crippen MR) is 151 cm³/mol. The molecule has 10 heteroatoms. The fourth-order valence-electron chi connectivity index (χ4n) is 5.53. The Hall–Kier alpha value is -3.79. The fraction of sp³-hybridized carbons (Fsp3) is 0.467. The highest BCUT2D eigenvalue weighted by Gasteiger charge is 2.28. The summed E-state index contributed by atoms with van der Waals surface area (Å²) in [5.41, 5.74) is 2.44. The van der Waals surface area contributed by atoms with Crippen LogP contribution in [0.1, 0.15) is 68.2 Å². The Labute approximate surface area is 234 Å². The molecule has 40 heavy (non-hydrogen) atoms. The molecule has 3 aromatic rings. The molecule has 212 valence electrons. The first-order valence-corrected chi connectivity index (χ1v) is 14.1. The van der Waals surface area contributed by atoms with Gasteiger partial charge >= 0.3 is 0 Å². The highest BCUT2D eigenvalue weighted by atomic mass is 19.1. The Bertz CT molecular complexity index is 1340. The van der Waals surface area contributed by atoms with E-state index in [0.717, 1.165) is 42.8 Å². The van der Waals surface area contributed by atoms with E-state index in [9.17, 15) is 9.18 Å². The number of amides is 1. The average Bonchev–Trinajstić information content (AvgIpc) is 2.95. The number of piperidine rings is 1. The van der Waals surface area contributed by atoms with Crippen molar-refractivity contribution in [2.45, 2.75) is 65.1 Å². The minimum absolute atomic E-state index is 0.0372. The van der Waals surface area contributed by atoms with E-state index in [4.69, 9.17) is 9.47 Å². The maximum absolute atomic E-state index is 14.2. The zero-order valence-electron chi connectivity index (χ0n) is 23.6. The molecule has 1 atom stereocenters. The first-order chi connectivity index (χ1) is 19.4. The van der Waals surface area contributed by atoms with E-state index >= 15 is 0 Å². The van der Waals surface area contributed by atoms with Crippen LogP contribution in [0.2, 0.25) is 0 Å². The summed E-state index contributed by atoms with van der Waals surface area (Å²) >= 11 is 0. The van der Waals surface area contributed by atoms with Crippen molar-refractivity contribution >= 4 is 11.7 Å². The number of carbonyl (C=O) groups excluding carboxylic acids is 1. The molecule has 4 heterocycles. The number of hydrogen-bond donors (Lipinski definition) is 1. The number of fused-ring (bicyclic) bond motifs is 1. The standard InChI is InChI=1S/C30H37FN6O3/c1-5-37(19(2)3)30(38)23-16-21(31)6-7-25(23)40-27-17-32-18-35-29(27)36-14-10-22(11-15-36)39-26-9-13-34-24-8-12-33-20(4)28(24)26/h6-7,9,13,16-20,22,33H,5,8,10-12,14-15H2,1-4H3. The number of aromatic nitrogens is 3. The van der Waals surface area contributed by atoms with Gasteiger partial charge in [0.25, 0.3) is 5.91 Å². The molecule has 1 saturated heterocycles. The van der Waals surface area contributed by atoms with Crippen LogP contribution < -0.4 is 19.7 Å². The van der Waals surface area contributed by atoms with Gasteiger partial charge in [-0.1, -0.05) is 0 Å². The lowest BCUT2D eigenvalue weighted by molar-refractivity contribution is 0.0713. The summed E-state index contributed by atoms with van der Waals surface area (Å²) in [5.74, 6) is 1.44. The van der Waals surface area contributed by atoms with Crippen LogP contribution in [-0.2, 0) is 6.42 Å². The maximum atomic E-state index is 14.2. The molecule has 2 aliphatic heterocycles. The number of nitrogens with zero attached hydrogens (tertiary/aromatic N) is 5. The summed E-state index contributed by atoms with van der Waals surface area (Å²) in [6, 6.07) is 6.14. The third-order valence-electron chi connectivity index (χ3n) is 7.59. The van der Waals surface area contributed by atoms with Crippen molar-refractivity contribution in [2.75, 3.05) is 31.1 Å². The van der Waals surface area contributed by atoms with Crippen molar-refractivity contribution in [1.82, 2.24) is 25.2 Å².